The molecular weight excluding hydrogens is 308 g/mol. The first-order chi connectivity index (χ1) is 11.3. The van der Waals surface area contributed by atoms with Gasteiger partial charge in [0.2, 0.25) is 11.8 Å². The fourth-order valence-electron chi connectivity index (χ4n) is 3.74. The van der Waals surface area contributed by atoms with Gasteiger partial charge in [-0.3, -0.25) is 9.59 Å². The highest BCUT2D eigenvalue weighted by Gasteiger charge is 2.39. The van der Waals surface area contributed by atoms with E-state index >= 15 is 0 Å². The molecule has 2 rings (SSSR count). The summed E-state index contributed by atoms with van der Waals surface area (Å²) in [7, 11) is 0. The zero-order chi connectivity index (χ0) is 17.9. The number of carbonyl (C=O) groups is 3. The van der Waals surface area contributed by atoms with E-state index < -0.39 is 12.0 Å². The SMILES string of the molecule is CCC(C)C(=O)N1CCCC(C(=O)N2CCC(C)CC2C(=O)O)C1. The molecule has 136 valence electrons. The molecule has 4 atom stereocenters. The molecular formula is C18H30N2O4. The fraction of sp³-hybridized carbons (Fsp3) is 0.833. The average molecular weight is 338 g/mol. The number of piperidine rings is 2. The molecule has 0 spiro atoms. The Morgan fingerprint density at radius 2 is 1.92 bits per heavy atom. The zero-order valence-corrected chi connectivity index (χ0v) is 15.0. The van der Waals surface area contributed by atoms with E-state index in [9.17, 15) is 19.5 Å². The van der Waals surface area contributed by atoms with Crippen LogP contribution < -0.4 is 0 Å². The third kappa shape index (κ3) is 4.08. The Bertz CT molecular complexity index is 493. The van der Waals surface area contributed by atoms with E-state index in [2.05, 4.69) is 0 Å². The minimum Gasteiger partial charge on any atom is -0.480 e. The molecule has 2 aliphatic rings. The van der Waals surface area contributed by atoms with E-state index in [1.165, 1.54) is 0 Å². The predicted molar refractivity (Wildman–Crippen MR) is 90.3 cm³/mol. The van der Waals surface area contributed by atoms with Crippen LogP contribution in [0.15, 0.2) is 0 Å². The van der Waals surface area contributed by atoms with Crippen LogP contribution in [-0.4, -0.2) is 58.4 Å². The van der Waals surface area contributed by atoms with Gasteiger partial charge in [-0.1, -0.05) is 20.8 Å². The van der Waals surface area contributed by atoms with E-state index in [0.29, 0.717) is 32.0 Å². The highest BCUT2D eigenvalue weighted by molar-refractivity contribution is 5.86. The van der Waals surface area contributed by atoms with Crippen LogP contribution in [0.4, 0.5) is 0 Å². The first kappa shape index (κ1) is 18.7. The van der Waals surface area contributed by atoms with Crippen molar-refractivity contribution in [3.8, 4) is 0 Å². The van der Waals surface area contributed by atoms with Gasteiger partial charge in [0.1, 0.15) is 6.04 Å². The van der Waals surface area contributed by atoms with Crippen molar-refractivity contribution in [1.82, 2.24) is 9.80 Å². The largest absolute Gasteiger partial charge is 0.480 e. The molecule has 0 aromatic heterocycles. The fourth-order valence-corrected chi connectivity index (χ4v) is 3.74. The van der Waals surface area contributed by atoms with E-state index in [-0.39, 0.29) is 23.7 Å². The van der Waals surface area contributed by atoms with Crippen molar-refractivity contribution < 1.29 is 19.5 Å². The molecule has 6 heteroatoms. The number of rotatable bonds is 4. The summed E-state index contributed by atoms with van der Waals surface area (Å²) in [6.45, 7) is 7.58. The molecule has 2 aliphatic heterocycles. The Balaban J connectivity index is 2.05. The van der Waals surface area contributed by atoms with Gasteiger partial charge in [-0.05, 0) is 38.0 Å². The van der Waals surface area contributed by atoms with Crippen molar-refractivity contribution in [2.75, 3.05) is 19.6 Å². The number of hydrogen-bond acceptors (Lipinski definition) is 3. The van der Waals surface area contributed by atoms with Crippen molar-refractivity contribution in [1.29, 1.82) is 0 Å². The Labute approximate surface area is 144 Å². The van der Waals surface area contributed by atoms with Gasteiger partial charge in [0.25, 0.3) is 0 Å². The summed E-state index contributed by atoms with van der Waals surface area (Å²) < 4.78 is 0. The second-order valence-electron chi connectivity index (χ2n) is 7.45. The van der Waals surface area contributed by atoms with Gasteiger partial charge < -0.3 is 14.9 Å². The highest BCUT2D eigenvalue weighted by atomic mass is 16.4. The van der Waals surface area contributed by atoms with Gasteiger partial charge in [0.15, 0.2) is 0 Å². The molecule has 4 unspecified atom stereocenters. The second kappa shape index (κ2) is 7.99. The average Bonchev–Trinajstić information content (AvgIpc) is 2.59. The number of nitrogens with zero attached hydrogens (tertiary/aromatic N) is 2. The van der Waals surface area contributed by atoms with Crippen LogP contribution in [0.5, 0.6) is 0 Å². The van der Waals surface area contributed by atoms with Gasteiger partial charge in [0, 0.05) is 25.6 Å². The summed E-state index contributed by atoms with van der Waals surface area (Å²) in [6, 6.07) is -0.720. The molecule has 24 heavy (non-hydrogen) atoms. The van der Waals surface area contributed by atoms with Crippen LogP contribution in [-0.2, 0) is 14.4 Å². The molecule has 0 aromatic carbocycles. The Morgan fingerprint density at radius 1 is 1.21 bits per heavy atom. The summed E-state index contributed by atoms with van der Waals surface area (Å²) >= 11 is 0. The number of aliphatic carboxylic acids is 1. The van der Waals surface area contributed by atoms with Crippen molar-refractivity contribution in [2.24, 2.45) is 17.8 Å². The molecule has 2 heterocycles. The van der Waals surface area contributed by atoms with Gasteiger partial charge in [-0.15, -0.1) is 0 Å². The summed E-state index contributed by atoms with van der Waals surface area (Å²) in [5.74, 6) is -0.861. The van der Waals surface area contributed by atoms with E-state index in [1.54, 1.807) is 9.80 Å². The lowest BCUT2D eigenvalue weighted by molar-refractivity contribution is -0.156. The number of carbonyl (C=O) groups excluding carboxylic acids is 2. The number of carboxylic acids is 1. The van der Waals surface area contributed by atoms with Crippen LogP contribution >= 0.6 is 0 Å². The maximum absolute atomic E-state index is 12.9. The highest BCUT2D eigenvalue weighted by Crippen LogP contribution is 2.27. The summed E-state index contributed by atoms with van der Waals surface area (Å²) in [6.07, 6.45) is 3.70. The third-order valence-corrected chi connectivity index (χ3v) is 5.55. The number of amides is 2. The van der Waals surface area contributed by atoms with Crippen LogP contribution in [0.1, 0.15) is 52.9 Å². The molecule has 2 fully saturated rings. The smallest absolute Gasteiger partial charge is 0.326 e. The molecule has 2 saturated heterocycles. The lowest BCUT2D eigenvalue weighted by Crippen LogP contribution is -2.54. The van der Waals surface area contributed by atoms with Crippen LogP contribution in [0, 0.1) is 17.8 Å². The van der Waals surface area contributed by atoms with E-state index in [1.807, 2.05) is 20.8 Å². The first-order valence-corrected chi connectivity index (χ1v) is 9.17. The Morgan fingerprint density at radius 3 is 2.54 bits per heavy atom. The van der Waals surface area contributed by atoms with Crippen LogP contribution in [0.3, 0.4) is 0 Å². The molecule has 6 nitrogen and oxygen atoms in total. The number of carboxylic acid groups (broad SMARTS) is 1. The maximum atomic E-state index is 12.9. The Kier molecular flexibility index (Phi) is 6.24. The number of likely N-dealkylation sites (tertiary alicyclic amines) is 2. The Hall–Kier alpha value is -1.59. The lowest BCUT2D eigenvalue weighted by atomic mass is 9.89. The van der Waals surface area contributed by atoms with E-state index in [0.717, 1.165) is 25.7 Å². The third-order valence-electron chi connectivity index (χ3n) is 5.55. The van der Waals surface area contributed by atoms with Crippen LogP contribution in [0.25, 0.3) is 0 Å². The van der Waals surface area contributed by atoms with Gasteiger partial charge in [-0.2, -0.15) is 0 Å². The normalized spacial score (nSPS) is 29.2. The van der Waals surface area contributed by atoms with Gasteiger partial charge in [0.05, 0.1) is 5.92 Å². The molecule has 0 radical (unpaired) electrons. The molecule has 1 N–H and O–H groups in total. The summed E-state index contributed by atoms with van der Waals surface area (Å²) in [5, 5.41) is 9.46. The van der Waals surface area contributed by atoms with Crippen molar-refractivity contribution in [3.05, 3.63) is 0 Å². The molecule has 2 amide bonds. The molecule has 0 aliphatic carbocycles. The van der Waals surface area contributed by atoms with Crippen LogP contribution in [0.2, 0.25) is 0 Å². The minimum atomic E-state index is -0.918. The van der Waals surface area contributed by atoms with Crippen molar-refractivity contribution in [3.63, 3.8) is 0 Å². The quantitative estimate of drug-likeness (QED) is 0.850. The van der Waals surface area contributed by atoms with E-state index in [4.69, 9.17) is 0 Å². The molecule has 0 aromatic rings. The zero-order valence-electron chi connectivity index (χ0n) is 15.0. The van der Waals surface area contributed by atoms with Crippen molar-refractivity contribution in [2.45, 2.75) is 58.9 Å². The first-order valence-electron chi connectivity index (χ1n) is 9.17. The standard InChI is InChI=1S/C18H30N2O4/c1-4-13(3)16(21)19-8-5-6-14(11-19)17(22)20-9-7-12(2)10-15(20)18(23)24/h12-15H,4-11H2,1-3H3,(H,23,24). The van der Waals surface area contributed by atoms with Crippen molar-refractivity contribution >= 4 is 17.8 Å². The maximum Gasteiger partial charge on any atom is 0.326 e. The van der Waals surface area contributed by atoms with Gasteiger partial charge in [-0.25, -0.2) is 4.79 Å². The summed E-state index contributed by atoms with van der Waals surface area (Å²) in [5.41, 5.74) is 0. The topological polar surface area (TPSA) is 77.9 Å². The monoisotopic (exact) mass is 338 g/mol. The number of hydrogen-bond donors (Lipinski definition) is 1. The molecule has 0 bridgehead atoms. The molecule has 0 saturated carbocycles. The van der Waals surface area contributed by atoms with Gasteiger partial charge >= 0.3 is 5.97 Å². The minimum absolute atomic E-state index is 0.0264. The predicted octanol–water partition coefficient (Wildman–Crippen LogP) is 1.98. The second-order valence-corrected chi connectivity index (χ2v) is 7.45. The lowest BCUT2D eigenvalue weighted by Gasteiger charge is -2.40. The summed E-state index contributed by atoms with van der Waals surface area (Å²) in [4.78, 5) is 40.2.